The Hall–Kier alpha value is -3.19. The van der Waals surface area contributed by atoms with E-state index in [0.717, 1.165) is 15.7 Å². The summed E-state index contributed by atoms with van der Waals surface area (Å²) < 4.78 is 4.99. The van der Waals surface area contributed by atoms with E-state index in [4.69, 9.17) is 4.74 Å². The smallest absolute Gasteiger partial charge is 0.316 e. The SMILES string of the molecule is O=C(CSc1ccc2ccccc2c1)OCC(=O)c1cccc([N+](=O)[O-])c1. The van der Waals surface area contributed by atoms with Crippen molar-refractivity contribution in [2.24, 2.45) is 0 Å². The minimum Gasteiger partial charge on any atom is -0.457 e. The van der Waals surface area contributed by atoms with Crippen molar-refractivity contribution in [2.45, 2.75) is 4.90 Å². The Labute approximate surface area is 159 Å². The molecule has 0 N–H and O–H groups in total. The molecule has 27 heavy (non-hydrogen) atoms. The molecule has 0 aliphatic rings. The van der Waals surface area contributed by atoms with Gasteiger partial charge in [0.25, 0.3) is 5.69 Å². The van der Waals surface area contributed by atoms with Crippen LogP contribution in [0, 0.1) is 10.1 Å². The standard InChI is InChI=1S/C20H15NO5S/c22-19(16-6-3-7-17(10-16)21(24)25)12-26-20(23)13-27-18-9-8-14-4-1-2-5-15(14)11-18/h1-11H,12-13H2. The zero-order valence-electron chi connectivity index (χ0n) is 14.2. The van der Waals surface area contributed by atoms with Crippen molar-refractivity contribution in [2.75, 3.05) is 12.4 Å². The molecule has 7 heteroatoms. The lowest BCUT2D eigenvalue weighted by Gasteiger charge is -2.05. The second-order valence-electron chi connectivity index (χ2n) is 5.69. The summed E-state index contributed by atoms with van der Waals surface area (Å²) in [5, 5.41) is 12.9. The van der Waals surface area contributed by atoms with Gasteiger partial charge in [-0.1, -0.05) is 42.5 Å². The summed E-state index contributed by atoms with van der Waals surface area (Å²) in [7, 11) is 0. The van der Waals surface area contributed by atoms with Crippen LogP contribution < -0.4 is 0 Å². The highest BCUT2D eigenvalue weighted by molar-refractivity contribution is 8.00. The monoisotopic (exact) mass is 381 g/mol. The van der Waals surface area contributed by atoms with E-state index in [1.165, 1.54) is 36.0 Å². The molecule has 3 aromatic carbocycles. The highest BCUT2D eigenvalue weighted by atomic mass is 32.2. The van der Waals surface area contributed by atoms with Gasteiger partial charge in [0.05, 0.1) is 10.7 Å². The molecule has 0 heterocycles. The van der Waals surface area contributed by atoms with Crippen LogP contribution >= 0.6 is 11.8 Å². The minimum absolute atomic E-state index is 0.0700. The first-order chi connectivity index (χ1) is 13.0. The molecule has 0 aliphatic heterocycles. The average molecular weight is 381 g/mol. The fraction of sp³-hybridized carbons (Fsp3) is 0.100. The highest BCUT2D eigenvalue weighted by Crippen LogP contribution is 2.23. The van der Waals surface area contributed by atoms with Gasteiger partial charge in [-0.25, -0.2) is 0 Å². The number of hydrogen-bond donors (Lipinski definition) is 0. The number of nitro benzene ring substituents is 1. The number of benzene rings is 3. The lowest BCUT2D eigenvalue weighted by Crippen LogP contribution is -2.15. The van der Waals surface area contributed by atoms with Gasteiger partial charge in [-0.3, -0.25) is 19.7 Å². The molecule has 136 valence electrons. The van der Waals surface area contributed by atoms with E-state index in [1.807, 2.05) is 42.5 Å². The lowest BCUT2D eigenvalue weighted by atomic mass is 10.1. The quantitative estimate of drug-likeness (QED) is 0.200. The zero-order chi connectivity index (χ0) is 19.2. The maximum absolute atomic E-state index is 12.0. The highest BCUT2D eigenvalue weighted by Gasteiger charge is 2.14. The molecule has 6 nitrogen and oxygen atoms in total. The van der Waals surface area contributed by atoms with Crippen LogP contribution in [-0.4, -0.2) is 29.0 Å². The number of nitro groups is 1. The van der Waals surface area contributed by atoms with Crippen LogP contribution in [0.5, 0.6) is 0 Å². The predicted molar refractivity (Wildman–Crippen MR) is 103 cm³/mol. The van der Waals surface area contributed by atoms with E-state index in [0.29, 0.717) is 0 Å². The summed E-state index contributed by atoms with van der Waals surface area (Å²) >= 11 is 1.32. The maximum Gasteiger partial charge on any atom is 0.316 e. The second kappa shape index (κ2) is 8.46. The van der Waals surface area contributed by atoms with Crippen molar-refractivity contribution in [3.8, 4) is 0 Å². The molecule has 3 aromatic rings. The van der Waals surface area contributed by atoms with Crippen molar-refractivity contribution in [3.63, 3.8) is 0 Å². The normalized spacial score (nSPS) is 10.5. The van der Waals surface area contributed by atoms with Crippen molar-refractivity contribution >= 4 is 40.0 Å². The molecule has 0 spiro atoms. The number of ketones is 1. The van der Waals surface area contributed by atoms with E-state index in [-0.39, 0.29) is 17.0 Å². The lowest BCUT2D eigenvalue weighted by molar-refractivity contribution is -0.384. The van der Waals surface area contributed by atoms with E-state index < -0.39 is 23.3 Å². The number of thioether (sulfide) groups is 1. The molecule has 0 atom stereocenters. The number of rotatable bonds is 7. The second-order valence-corrected chi connectivity index (χ2v) is 6.74. The van der Waals surface area contributed by atoms with E-state index >= 15 is 0 Å². The number of Topliss-reactive ketones (excluding diaryl/α,β-unsaturated/α-hetero) is 1. The van der Waals surface area contributed by atoms with E-state index in [9.17, 15) is 19.7 Å². The first-order valence-electron chi connectivity index (χ1n) is 8.08. The van der Waals surface area contributed by atoms with Gasteiger partial charge < -0.3 is 4.74 Å². The van der Waals surface area contributed by atoms with E-state index in [2.05, 4.69) is 0 Å². The van der Waals surface area contributed by atoms with Gasteiger partial charge in [0.2, 0.25) is 5.78 Å². The Kier molecular flexibility index (Phi) is 5.83. The zero-order valence-corrected chi connectivity index (χ0v) is 15.0. The number of carbonyl (C=O) groups excluding carboxylic acids is 2. The van der Waals surface area contributed by atoms with Crippen LogP contribution in [0.4, 0.5) is 5.69 Å². The Morgan fingerprint density at radius 3 is 2.52 bits per heavy atom. The van der Waals surface area contributed by atoms with Gasteiger partial charge in [0.15, 0.2) is 6.61 Å². The predicted octanol–water partition coefficient (Wildman–Crippen LogP) is 4.27. The van der Waals surface area contributed by atoms with Crippen molar-refractivity contribution in [1.29, 1.82) is 0 Å². The fourth-order valence-electron chi connectivity index (χ4n) is 2.46. The van der Waals surface area contributed by atoms with Crippen LogP contribution in [0.3, 0.4) is 0 Å². The Balaban J connectivity index is 1.52. The number of hydrogen-bond acceptors (Lipinski definition) is 6. The third kappa shape index (κ3) is 4.92. The summed E-state index contributed by atoms with van der Waals surface area (Å²) in [6, 6.07) is 19.1. The molecular weight excluding hydrogens is 366 g/mol. The van der Waals surface area contributed by atoms with Crippen molar-refractivity contribution in [1.82, 2.24) is 0 Å². The van der Waals surface area contributed by atoms with Gasteiger partial charge in [-0.15, -0.1) is 11.8 Å². The molecule has 0 unspecified atom stereocenters. The van der Waals surface area contributed by atoms with Gasteiger partial charge in [0, 0.05) is 22.6 Å². The molecule has 3 rings (SSSR count). The summed E-state index contributed by atoms with van der Waals surface area (Å²) in [5.74, 6) is -0.935. The third-order valence-corrected chi connectivity index (χ3v) is 4.79. The van der Waals surface area contributed by atoms with Crippen LogP contribution in [0.15, 0.2) is 71.6 Å². The molecule has 0 amide bonds. The number of nitrogens with zero attached hydrogens (tertiary/aromatic N) is 1. The Bertz CT molecular complexity index is 1020. The van der Waals surface area contributed by atoms with Crippen LogP contribution in [0.25, 0.3) is 10.8 Å². The van der Waals surface area contributed by atoms with Crippen LogP contribution in [-0.2, 0) is 9.53 Å². The minimum atomic E-state index is -0.580. The van der Waals surface area contributed by atoms with Crippen LogP contribution in [0.2, 0.25) is 0 Å². The molecule has 0 aliphatic carbocycles. The molecule has 0 bridgehead atoms. The number of fused-ring (bicyclic) bond motifs is 1. The Morgan fingerprint density at radius 1 is 0.963 bits per heavy atom. The van der Waals surface area contributed by atoms with Crippen molar-refractivity contribution < 1.29 is 19.2 Å². The van der Waals surface area contributed by atoms with Gasteiger partial charge >= 0.3 is 5.97 Å². The van der Waals surface area contributed by atoms with Crippen molar-refractivity contribution in [3.05, 3.63) is 82.4 Å². The summed E-state index contributed by atoms with van der Waals surface area (Å²) in [6.07, 6.45) is 0. The first kappa shape index (κ1) is 18.6. The first-order valence-corrected chi connectivity index (χ1v) is 9.06. The fourth-order valence-corrected chi connectivity index (χ4v) is 3.21. The molecule has 0 saturated carbocycles. The topological polar surface area (TPSA) is 86.5 Å². The summed E-state index contributed by atoms with van der Waals surface area (Å²) in [5.41, 5.74) is -0.0433. The number of non-ortho nitro benzene ring substituents is 1. The van der Waals surface area contributed by atoms with Gasteiger partial charge in [-0.05, 0) is 22.9 Å². The summed E-state index contributed by atoms with van der Waals surface area (Å²) in [6.45, 7) is -0.446. The molecule has 0 radical (unpaired) electrons. The molecular formula is C20H15NO5S. The maximum atomic E-state index is 12.0. The summed E-state index contributed by atoms with van der Waals surface area (Å²) in [4.78, 5) is 35.0. The largest absolute Gasteiger partial charge is 0.457 e. The van der Waals surface area contributed by atoms with Gasteiger partial charge in [-0.2, -0.15) is 0 Å². The number of carbonyl (C=O) groups is 2. The molecule has 0 fully saturated rings. The van der Waals surface area contributed by atoms with Crippen LogP contribution in [0.1, 0.15) is 10.4 Å². The van der Waals surface area contributed by atoms with Gasteiger partial charge in [0.1, 0.15) is 0 Å². The Morgan fingerprint density at radius 2 is 1.74 bits per heavy atom. The molecule has 0 aromatic heterocycles. The third-order valence-electron chi connectivity index (χ3n) is 3.82. The average Bonchev–Trinajstić information content (AvgIpc) is 2.70. The number of esters is 1. The number of ether oxygens (including phenoxy) is 1. The molecule has 0 saturated heterocycles. The van der Waals surface area contributed by atoms with E-state index in [1.54, 1.807) is 0 Å².